The zero-order valence-corrected chi connectivity index (χ0v) is 25.3. The molecule has 3 aliphatic carbocycles. The molecule has 206 valence electrons. The molecule has 0 atom stereocenters. The SMILES string of the molecule is CCN(CC)CCN(CCN(CC)CC)CC1CCC(P(C2CCCCC2)C2CCCCC2)CC1. The zero-order valence-electron chi connectivity index (χ0n) is 24.4. The van der Waals surface area contributed by atoms with E-state index in [-0.39, 0.29) is 7.92 Å². The van der Waals surface area contributed by atoms with Gasteiger partial charge in [-0.25, -0.2) is 0 Å². The van der Waals surface area contributed by atoms with E-state index in [0.29, 0.717) is 0 Å². The third kappa shape index (κ3) is 9.85. The van der Waals surface area contributed by atoms with E-state index in [4.69, 9.17) is 0 Å². The average Bonchev–Trinajstić information content (AvgIpc) is 2.92. The van der Waals surface area contributed by atoms with Crippen LogP contribution in [-0.4, -0.2) is 90.6 Å². The minimum absolute atomic E-state index is 0.279. The summed E-state index contributed by atoms with van der Waals surface area (Å²) in [5.41, 5.74) is 3.40. The molecule has 0 aliphatic heterocycles. The Bertz CT molecular complexity index is 481. The van der Waals surface area contributed by atoms with Crippen molar-refractivity contribution < 1.29 is 0 Å². The van der Waals surface area contributed by atoms with Gasteiger partial charge < -0.3 is 14.7 Å². The van der Waals surface area contributed by atoms with Gasteiger partial charge in [0.1, 0.15) is 0 Å². The fraction of sp³-hybridized carbons (Fsp3) is 1.00. The van der Waals surface area contributed by atoms with Gasteiger partial charge in [0.25, 0.3) is 0 Å². The first-order chi connectivity index (χ1) is 17.2. The van der Waals surface area contributed by atoms with E-state index in [1.54, 1.807) is 64.2 Å². The van der Waals surface area contributed by atoms with Gasteiger partial charge in [-0.1, -0.05) is 74.1 Å². The molecule has 3 aliphatic rings. The topological polar surface area (TPSA) is 9.72 Å². The molecule has 3 fully saturated rings. The van der Waals surface area contributed by atoms with Gasteiger partial charge in [0.15, 0.2) is 0 Å². The zero-order chi connectivity index (χ0) is 24.9. The Hall–Kier alpha value is 0.310. The maximum atomic E-state index is 2.85. The van der Waals surface area contributed by atoms with Gasteiger partial charge in [0.2, 0.25) is 0 Å². The number of hydrogen-bond acceptors (Lipinski definition) is 3. The molecule has 0 bridgehead atoms. The summed E-state index contributed by atoms with van der Waals surface area (Å²) < 4.78 is 0. The Labute approximate surface area is 221 Å². The third-order valence-electron chi connectivity index (χ3n) is 10.0. The van der Waals surface area contributed by atoms with E-state index in [2.05, 4.69) is 42.4 Å². The summed E-state index contributed by atoms with van der Waals surface area (Å²) in [6.45, 7) is 20.4. The highest BCUT2D eigenvalue weighted by Gasteiger charge is 2.38. The molecule has 0 amide bonds. The highest BCUT2D eigenvalue weighted by atomic mass is 31.1. The van der Waals surface area contributed by atoms with Gasteiger partial charge in [0, 0.05) is 32.7 Å². The van der Waals surface area contributed by atoms with Crippen LogP contribution in [0.2, 0.25) is 0 Å². The first-order valence-corrected chi connectivity index (χ1v) is 17.7. The van der Waals surface area contributed by atoms with E-state index in [1.165, 1.54) is 84.6 Å². The molecule has 0 aromatic carbocycles. The van der Waals surface area contributed by atoms with Gasteiger partial charge in [-0.3, -0.25) is 0 Å². The molecule has 35 heavy (non-hydrogen) atoms. The van der Waals surface area contributed by atoms with Crippen LogP contribution in [0.1, 0.15) is 118 Å². The van der Waals surface area contributed by atoms with Gasteiger partial charge >= 0.3 is 0 Å². The quantitative estimate of drug-likeness (QED) is 0.210. The van der Waals surface area contributed by atoms with Crippen molar-refractivity contribution in [3.8, 4) is 0 Å². The van der Waals surface area contributed by atoms with Crippen molar-refractivity contribution in [3.05, 3.63) is 0 Å². The predicted octanol–water partition coefficient (Wildman–Crippen LogP) is 7.68. The molecule has 0 unspecified atom stereocenters. The van der Waals surface area contributed by atoms with Crippen LogP contribution in [-0.2, 0) is 0 Å². The molecule has 0 radical (unpaired) electrons. The van der Waals surface area contributed by atoms with Crippen molar-refractivity contribution >= 4 is 7.92 Å². The van der Waals surface area contributed by atoms with Gasteiger partial charge in [0.05, 0.1) is 0 Å². The molecule has 3 nitrogen and oxygen atoms in total. The molecule has 4 heteroatoms. The maximum absolute atomic E-state index is 2.85. The fourth-order valence-corrected chi connectivity index (χ4v) is 12.2. The van der Waals surface area contributed by atoms with Gasteiger partial charge in [-0.2, -0.15) is 0 Å². The fourth-order valence-electron chi connectivity index (χ4n) is 7.58. The smallest absolute Gasteiger partial charge is 0.0110 e. The van der Waals surface area contributed by atoms with E-state index in [1.807, 2.05) is 0 Å². The summed E-state index contributed by atoms with van der Waals surface area (Å²) in [5.74, 6) is 0.953. The summed E-state index contributed by atoms with van der Waals surface area (Å²) in [5, 5.41) is 0. The van der Waals surface area contributed by atoms with Crippen molar-refractivity contribution in [2.45, 2.75) is 135 Å². The molecule has 0 spiro atoms. The Morgan fingerprint density at radius 1 is 0.457 bits per heavy atom. The normalized spacial score (nSPS) is 25.4. The predicted molar refractivity (Wildman–Crippen MR) is 158 cm³/mol. The second-order valence-corrected chi connectivity index (χ2v) is 15.1. The lowest BCUT2D eigenvalue weighted by Gasteiger charge is -2.45. The molecule has 3 rings (SSSR count). The Kier molecular flexibility index (Phi) is 14.5. The van der Waals surface area contributed by atoms with E-state index >= 15 is 0 Å². The summed E-state index contributed by atoms with van der Waals surface area (Å²) in [4.78, 5) is 8.08. The average molecular weight is 508 g/mol. The largest absolute Gasteiger partial charge is 0.303 e. The number of hydrogen-bond donors (Lipinski definition) is 0. The summed E-state index contributed by atoms with van der Waals surface area (Å²) in [7, 11) is 0.279. The second kappa shape index (κ2) is 17.0. The standard InChI is InChI=1S/C31H62N3P/c1-5-32(6-2)23-25-34(26-24-33(7-3)8-4)27-28-19-21-31(22-20-28)35(29-15-11-9-12-16-29)30-17-13-10-14-18-30/h28-31H,5-27H2,1-4H3. The molecule has 3 saturated carbocycles. The number of likely N-dealkylation sites (N-methyl/N-ethyl adjacent to an activating group) is 2. The van der Waals surface area contributed by atoms with Crippen LogP contribution in [0, 0.1) is 5.92 Å². The van der Waals surface area contributed by atoms with Crippen LogP contribution < -0.4 is 0 Å². The second-order valence-electron chi connectivity index (χ2n) is 12.1. The van der Waals surface area contributed by atoms with Crippen LogP contribution in [0.3, 0.4) is 0 Å². The van der Waals surface area contributed by atoms with Crippen molar-refractivity contribution in [2.24, 2.45) is 5.92 Å². The molecule has 0 heterocycles. The van der Waals surface area contributed by atoms with Gasteiger partial charge in [-0.05, 0) is 100 Å². The molecular formula is C31H62N3P. The number of nitrogens with zero attached hydrogens (tertiary/aromatic N) is 3. The first kappa shape index (κ1) is 29.9. The Morgan fingerprint density at radius 3 is 1.23 bits per heavy atom. The summed E-state index contributed by atoms with van der Waals surface area (Å²) in [6, 6.07) is 0. The van der Waals surface area contributed by atoms with Crippen molar-refractivity contribution in [2.75, 3.05) is 58.9 Å². The molecular weight excluding hydrogens is 445 g/mol. The minimum Gasteiger partial charge on any atom is -0.303 e. The highest BCUT2D eigenvalue weighted by Crippen LogP contribution is 2.62. The number of rotatable bonds is 15. The van der Waals surface area contributed by atoms with Crippen LogP contribution in [0.25, 0.3) is 0 Å². The first-order valence-electron chi connectivity index (χ1n) is 16.1. The van der Waals surface area contributed by atoms with E-state index in [9.17, 15) is 0 Å². The molecule has 0 aromatic heterocycles. The van der Waals surface area contributed by atoms with Crippen LogP contribution >= 0.6 is 7.92 Å². The van der Waals surface area contributed by atoms with Crippen LogP contribution in [0.15, 0.2) is 0 Å². The van der Waals surface area contributed by atoms with E-state index in [0.717, 1.165) is 22.9 Å². The van der Waals surface area contributed by atoms with Crippen molar-refractivity contribution in [1.29, 1.82) is 0 Å². The summed E-state index contributed by atoms with van der Waals surface area (Å²) in [6.07, 6.45) is 21.8. The van der Waals surface area contributed by atoms with Crippen LogP contribution in [0.4, 0.5) is 0 Å². The van der Waals surface area contributed by atoms with Crippen LogP contribution in [0.5, 0.6) is 0 Å². The summed E-state index contributed by atoms with van der Waals surface area (Å²) >= 11 is 0. The molecule has 0 N–H and O–H groups in total. The lowest BCUT2D eigenvalue weighted by atomic mass is 9.88. The van der Waals surface area contributed by atoms with E-state index < -0.39 is 0 Å². The van der Waals surface area contributed by atoms with Crippen molar-refractivity contribution in [1.82, 2.24) is 14.7 Å². The monoisotopic (exact) mass is 507 g/mol. The maximum Gasteiger partial charge on any atom is 0.0110 e. The lowest BCUT2D eigenvalue weighted by Crippen LogP contribution is -2.42. The Morgan fingerprint density at radius 2 is 0.829 bits per heavy atom. The van der Waals surface area contributed by atoms with Crippen molar-refractivity contribution in [3.63, 3.8) is 0 Å². The third-order valence-corrected chi connectivity index (χ3v) is 14.1. The van der Waals surface area contributed by atoms with Gasteiger partial charge in [-0.15, -0.1) is 0 Å². The molecule has 0 saturated heterocycles. The minimum atomic E-state index is 0.279. The molecule has 0 aromatic rings. The lowest BCUT2D eigenvalue weighted by molar-refractivity contribution is 0.154. The highest BCUT2D eigenvalue weighted by molar-refractivity contribution is 7.60. The Balaban J connectivity index is 1.54.